The first-order valence-electron chi connectivity index (χ1n) is 8.10. The third-order valence-electron chi connectivity index (χ3n) is 3.69. The molecule has 27 heavy (non-hydrogen) atoms. The van der Waals surface area contributed by atoms with Crippen molar-refractivity contribution in [2.75, 3.05) is 11.9 Å². The highest BCUT2D eigenvalue weighted by Crippen LogP contribution is 2.24. The molecule has 0 bridgehead atoms. The van der Waals surface area contributed by atoms with Crippen LogP contribution >= 0.6 is 15.9 Å². The van der Waals surface area contributed by atoms with E-state index in [1.165, 1.54) is 24.8 Å². The van der Waals surface area contributed by atoms with Crippen LogP contribution in [0.3, 0.4) is 0 Å². The normalized spacial score (nSPS) is 10.5. The summed E-state index contributed by atoms with van der Waals surface area (Å²) >= 11 is 3.39. The van der Waals surface area contributed by atoms with Crippen LogP contribution < -0.4 is 5.32 Å². The average Bonchev–Trinajstić information content (AvgIpc) is 3.16. The van der Waals surface area contributed by atoms with E-state index in [0.29, 0.717) is 22.6 Å². The molecule has 0 fully saturated rings. The molecule has 138 valence electrons. The molecule has 8 nitrogen and oxygen atoms in total. The Morgan fingerprint density at radius 1 is 1.26 bits per heavy atom. The molecule has 3 aromatic rings. The van der Waals surface area contributed by atoms with Gasteiger partial charge < -0.3 is 10.1 Å². The van der Waals surface area contributed by atoms with E-state index in [1.807, 2.05) is 6.07 Å². The van der Waals surface area contributed by atoms with E-state index in [2.05, 4.69) is 36.3 Å². The number of rotatable bonds is 5. The zero-order valence-corrected chi connectivity index (χ0v) is 16.2. The minimum Gasteiger partial charge on any atom is -0.462 e. The topological polar surface area (TPSA) is 99.0 Å². The van der Waals surface area contributed by atoms with Crippen LogP contribution in [-0.4, -0.2) is 38.2 Å². The quantitative estimate of drug-likeness (QED) is 0.625. The molecular weight excluding hydrogens is 414 g/mol. The number of nitrogens with one attached hydrogen (secondary N) is 1. The number of amides is 1. The Kier molecular flexibility index (Phi) is 5.60. The molecular formula is C18H16BrN5O3. The van der Waals surface area contributed by atoms with Gasteiger partial charge in [-0.25, -0.2) is 19.4 Å². The maximum Gasteiger partial charge on any atom is 0.339 e. The summed E-state index contributed by atoms with van der Waals surface area (Å²) in [6, 6.07) is 8.42. The number of halogens is 1. The van der Waals surface area contributed by atoms with E-state index in [1.54, 1.807) is 30.7 Å². The van der Waals surface area contributed by atoms with Crippen LogP contribution in [0.25, 0.3) is 5.69 Å². The highest BCUT2D eigenvalue weighted by Gasteiger charge is 2.16. The van der Waals surface area contributed by atoms with E-state index < -0.39 is 11.9 Å². The molecule has 1 aromatic carbocycles. The second kappa shape index (κ2) is 8.09. The lowest BCUT2D eigenvalue weighted by Crippen LogP contribution is -2.17. The van der Waals surface area contributed by atoms with Gasteiger partial charge in [0, 0.05) is 4.47 Å². The first-order chi connectivity index (χ1) is 13.0. The van der Waals surface area contributed by atoms with Gasteiger partial charge in [0.05, 0.1) is 29.2 Å². The maximum absolute atomic E-state index is 12.7. The number of hydrogen-bond donors (Lipinski definition) is 1. The van der Waals surface area contributed by atoms with E-state index in [-0.39, 0.29) is 12.3 Å². The van der Waals surface area contributed by atoms with Gasteiger partial charge >= 0.3 is 5.97 Å². The van der Waals surface area contributed by atoms with Gasteiger partial charge in [-0.3, -0.25) is 4.79 Å². The Morgan fingerprint density at radius 2 is 2.07 bits per heavy atom. The van der Waals surface area contributed by atoms with Crippen molar-refractivity contribution in [3.63, 3.8) is 0 Å². The lowest BCUT2D eigenvalue weighted by molar-refractivity contribution is 0.0524. The Balaban J connectivity index is 1.87. The molecule has 0 saturated heterocycles. The SMILES string of the molecule is CCOC(=O)c1ccc(C(=O)Nc2cc(Br)ccc2-n2cncn2)nc1C. The highest BCUT2D eigenvalue weighted by molar-refractivity contribution is 9.10. The van der Waals surface area contributed by atoms with Crippen molar-refractivity contribution in [3.05, 3.63) is 64.4 Å². The Hall–Kier alpha value is -3.07. The maximum atomic E-state index is 12.7. The largest absolute Gasteiger partial charge is 0.462 e. The molecule has 3 rings (SSSR count). The van der Waals surface area contributed by atoms with Crippen LogP contribution in [0.1, 0.15) is 33.5 Å². The fourth-order valence-electron chi connectivity index (χ4n) is 2.44. The number of benzene rings is 1. The lowest BCUT2D eigenvalue weighted by Gasteiger charge is -2.12. The highest BCUT2D eigenvalue weighted by atomic mass is 79.9. The third-order valence-corrected chi connectivity index (χ3v) is 4.18. The van der Waals surface area contributed by atoms with Gasteiger partial charge in [0.15, 0.2) is 0 Å². The van der Waals surface area contributed by atoms with Crippen LogP contribution in [0.5, 0.6) is 0 Å². The van der Waals surface area contributed by atoms with Gasteiger partial charge in [-0.05, 0) is 44.2 Å². The zero-order valence-electron chi connectivity index (χ0n) is 14.6. The number of carbonyl (C=O) groups excluding carboxylic acids is 2. The third kappa shape index (κ3) is 4.20. The number of anilines is 1. The van der Waals surface area contributed by atoms with Gasteiger partial charge in [-0.15, -0.1) is 0 Å². The van der Waals surface area contributed by atoms with Gasteiger partial charge in [-0.2, -0.15) is 5.10 Å². The smallest absolute Gasteiger partial charge is 0.339 e. The molecule has 1 N–H and O–H groups in total. The summed E-state index contributed by atoms with van der Waals surface area (Å²) in [4.78, 5) is 32.7. The van der Waals surface area contributed by atoms with Crippen molar-refractivity contribution < 1.29 is 14.3 Å². The summed E-state index contributed by atoms with van der Waals surface area (Å²) in [5.41, 5.74) is 2.13. The van der Waals surface area contributed by atoms with Crippen molar-refractivity contribution in [1.29, 1.82) is 0 Å². The van der Waals surface area contributed by atoms with Crippen LogP contribution in [0, 0.1) is 6.92 Å². The van der Waals surface area contributed by atoms with E-state index >= 15 is 0 Å². The van der Waals surface area contributed by atoms with E-state index in [4.69, 9.17) is 4.74 Å². The summed E-state index contributed by atoms with van der Waals surface area (Å²) in [6.07, 6.45) is 2.95. The first kappa shape index (κ1) is 18.7. The van der Waals surface area contributed by atoms with Crippen molar-refractivity contribution in [2.45, 2.75) is 13.8 Å². The van der Waals surface area contributed by atoms with Crippen LogP contribution in [-0.2, 0) is 4.74 Å². The molecule has 0 atom stereocenters. The van der Waals surface area contributed by atoms with Crippen molar-refractivity contribution in [1.82, 2.24) is 19.7 Å². The van der Waals surface area contributed by atoms with Crippen molar-refractivity contribution >= 4 is 33.5 Å². The standard InChI is InChI=1S/C18H16BrN5O3/c1-3-27-18(26)13-5-6-14(22-11(13)2)17(25)23-15-8-12(19)4-7-16(15)24-10-20-9-21-24/h4-10H,3H2,1-2H3,(H,23,25). The van der Waals surface area contributed by atoms with Crippen LogP contribution in [0.4, 0.5) is 5.69 Å². The molecule has 0 aliphatic heterocycles. The summed E-state index contributed by atoms with van der Waals surface area (Å²) < 4.78 is 7.32. The van der Waals surface area contributed by atoms with Crippen molar-refractivity contribution in [3.8, 4) is 5.69 Å². The van der Waals surface area contributed by atoms with Gasteiger partial charge in [0.2, 0.25) is 0 Å². The number of esters is 1. The number of aryl methyl sites for hydroxylation is 1. The van der Waals surface area contributed by atoms with Gasteiger partial charge in [0.25, 0.3) is 5.91 Å². The van der Waals surface area contributed by atoms with Crippen LogP contribution in [0.15, 0.2) is 47.5 Å². The molecule has 0 unspecified atom stereocenters. The molecule has 1 amide bonds. The Morgan fingerprint density at radius 3 is 2.74 bits per heavy atom. The molecule has 2 aromatic heterocycles. The van der Waals surface area contributed by atoms with Crippen molar-refractivity contribution in [2.24, 2.45) is 0 Å². The number of aromatic nitrogens is 4. The molecule has 9 heteroatoms. The van der Waals surface area contributed by atoms with E-state index in [0.717, 1.165) is 4.47 Å². The molecule has 0 radical (unpaired) electrons. The Labute approximate surface area is 163 Å². The molecule has 0 saturated carbocycles. The fraction of sp³-hybridized carbons (Fsp3) is 0.167. The van der Waals surface area contributed by atoms with Gasteiger partial charge in [0.1, 0.15) is 18.3 Å². The molecule has 2 heterocycles. The molecule has 0 aliphatic rings. The summed E-state index contributed by atoms with van der Waals surface area (Å²) in [7, 11) is 0. The Bertz CT molecular complexity index is 989. The summed E-state index contributed by atoms with van der Waals surface area (Å²) in [5.74, 6) is -0.872. The average molecular weight is 430 g/mol. The minimum atomic E-state index is -0.463. The predicted molar refractivity (Wildman–Crippen MR) is 102 cm³/mol. The second-order valence-electron chi connectivity index (χ2n) is 5.51. The first-order valence-corrected chi connectivity index (χ1v) is 8.89. The van der Waals surface area contributed by atoms with E-state index in [9.17, 15) is 9.59 Å². The van der Waals surface area contributed by atoms with Gasteiger partial charge in [-0.1, -0.05) is 15.9 Å². The predicted octanol–water partition coefficient (Wildman–Crippen LogP) is 3.16. The fourth-order valence-corrected chi connectivity index (χ4v) is 2.80. The van der Waals surface area contributed by atoms with Crippen LogP contribution in [0.2, 0.25) is 0 Å². The second-order valence-corrected chi connectivity index (χ2v) is 6.42. The number of nitrogens with zero attached hydrogens (tertiary/aromatic N) is 4. The monoisotopic (exact) mass is 429 g/mol. The summed E-state index contributed by atoms with van der Waals surface area (Å²) in [6.45, 7) is 3.66. The number of carbonyl (C=O) groups is 2. The lowest BCUT2D eigenvalue weighted by atomic mass is 10.1. The summed E-state index contributed by atoms with van der Waals surface area (Å²) in [5, 5.41) is 6.91. The number of pyridine rings is 1. The molecule has 0 spiro atoms. The molecule has 0 aliphatic carbocycles. The number of hydrogen-bond acceptors (Lipinski definition) is 6. The zero-order chi connectivity index (χ0) is 19.4. The number of ether oxygens (including phenoxy) is 1. The minimum absolute atomic E-state index is 0.185.